The molecule has 4 saturated carbocycles. The zero-order valence-electron chi connectivity index (χ0n) is 74.1. The van der Waals surface area contributed by atoms with Gasteiger partial charge in [0.15, 0.2) is 23.1 Å². The second-order valence-electron chi connectivity index (χ2n) is 34.3. The summed E-state index contributed by atoms with van der Waals surface area (Å²) in [5.74, 6) is -1.07. The molecule has 8 atom stereocenters. The molecule has 0 saturated heterocycles. The highest BCUT2D eigenvalue weighted by Gasteiger charge is 2.36. The van der Waals surface area contributed by atoms with Crippen LogP contribution in [0.5, 0.6) is 0 Å². The fourth-order valence-electron chi connectivity index (χ4n) is 17.7. The molecular formula is C99H123Cl4N9O12S4. The largest absolute Gasteiger partial charge is 0.359 e. The summed E-state index contributed by atoms with van der Waals surface area (Å²) < 4.78 is 3.87. The number of hydrogen-bond donors (Lipinski definition) is 5. The molecule has 21 nitrogen and oxygen atoms in total. The number of halogens is 4. The number of rotatable bonds is 47. The van der Waals surface area contributed by atoms with Crippen molar-refractivity contribution in [3.63, 3.8) is 0 Å². The van der Waals surface area contributed by atoms with Crippen molar-refractivity contribution in [3.8, 4) is 0 Å². The zero-order chi connectivity index (χ0) is 92.3. The van der Waals surface area contributed by atoms with E-state index in [1.807, 2.05) is 62.4 Å². The molecule has 4 fully saturated rings. The fourth-order valence-corrected chi connectivity index (χ4v) is 23.0. The summed E-state index contributed by atoms with van der Waals surface area (Å²) in [6.45, 7) is 19.5. The Kier molecular flexibility index (Phi) is 42.9. The van der Waals surface area contributed by atoms with Crippen LogP contribution in [0.15, 0.2) is 123 Å². The number of nitrogens with zero attached hydrogens (tertiary/aromatic N) is 4. The molecule has 4 aliphatic carbocycles. The monoisotopic (exact) mass is 1900 g/mol. The molecule has 688 valence electrons. The number of carbonyl (C=O) groups is 12. The van der Waals surface area contributed by atoms with Crippen molar-refractivity contribution in [2.75, 3.05) is 7.05 Å². The molecule has 5 N–H and O–H groups in total. The second kappa shape index (κ2) is 53.2. The molecule has 128 heavy (non-hydrogen) atoms. The Bertz CT molecular complexity index is 5030. The Morgan fingerprint density at radius 2 is 0.625 bits per heavy atom. The molecule has 4 heterocycles. The van der Waals surface area contributed by atoms with E-state index in [4.69, 9.17) is 46.4 Å². The molecule has 0 radical (unpaired) electrons. The first kappa shape index (κ1) is 103. The van der Waals surface area contributed by atoms with Crippen LogP contribution < -0.4 is 26.6 Å². The lowest BCUT2D eigenvalue weighted by Crippen LogP contribution is -2.44. The first-order valence-corrected chi connectivity index (χ1v) is 50.1. The zero-order valence-corrected chi connectivity index (χ0v) is 80.4. The highest BCUT2D eigenvalue weighted by Crippen LogP contribution is 2.38. The number of aromatic nitrogens is 4. The maximum atomic E-state index is 13.4. The number of allylic oxidation sites excluding steroid dienone is 4. The number of ketones is 7. The minimum Gasteiger partial charge on any atom is -0.359 e. The number of carbonyl (C=O) groups excluding carboxylic acids is 12. The van der Waals surface area contributed by atoms with E-state index >= 15 is 0 Å². The van der Waals surface area contributed by atoms with Crippen molar-refractivity contribution < 1.29 is 57.5 Å². The summed E-state index contributed by atoms with van der Waals surface area (Å²) in [5.41, 5.74) is 3.38. The maximum Gasteiger partial charge on any atom is 0.224 e. The SMILES string of the molecule is C=CC(=O)CC[C@@H](NC(=O)[C@@H](CC(=O)CC)Cc1nc2ccc(Cl)cc2s1)C1CCCC1.C=CC(=O)CC[C@@H](NC(=O)[C@@H](CC(=O)CCC)Cc1nc2ccc(Cl)cc2s1)C1CCCC1.C=CC(=O)CC[C@@H](NC(=O)[C@@H](CC(=O)NC)Cc1nc2ccc(Cl)cc2s1)C1CCCC1.C=CC(=O)CC[C@@H](NC(=O)[C@@H](CC(C)=O)Cc1nc2ccc(Cl)cc2s1)C1CCCC1. The third-order valence-electron chi connectivity index (χ3n) is 24.8. The highest BCUT2D eigenvalue weighted by atomic mass is 35.5. The predicted molar refractivity (Wildman–Crippen MR) is 519 cm³/mol. The minimum absolute atomic E-state index is 0.00458. The standard InChI is InChI=1S/C26H33ClN2O3S.C25H31ClN2O3S.C24H30ClN3O3S.C24H29ClN2O3S/c1-3-7-21(31)14-18(15-25-28-23-12-10-19(27)16-24(23)33-25)26(32)29-22(13-11-20(30)4-2)17-8-5-6-9-17;1-3-19(29)10-12-21(16-7-5-6-8-16)28-25(31)17(13-20(30)4-2)14-24-27-22-11-9-18(26)15-23(22)32-24;1-3-18(29)9-11-19(15-6-4-5-7-15)28-24(31)16(12-22(30)26-2)13-23-27-20-10-8-17(25)14-21(20)32-23;1-3-19(29)9-11-20(16-6-4-5-7-16)27-24(30)17(12-15(2)28)13-23-26-21-10-8-18(25)14-22(21)31-23/h4,10,12,16-18,22H,2-3,5-9,11,13-15H2,1H3,(H,29,32);3,9,11,15-17,21H,1,4-8,10,12-14H2,2H3,(H,28,31);3,8,10,14-16,19H,1,4-7,9,11-13H2,2H3,(H,26,30)(H,28,31);3,8,10,14,16-17,20H,1,4-7,9,11-13H2,2H3,(H,27,30)/t18-,22+;17-,21+;16-,19+;17-,20+/m0000/s1. The molecule has 12 rings (SSSR count). The molecule has 29 heteroatoms. The average Bonchev–Trinajstić information content (AvgIpc) is 1.68. The third kappa shape index (κ3) is 33.5. The molecule has 8 aromatic rings. The lowest BCUT2D eigenvalue weighted by atomic mass is 9.91. The van der Waals surface area contributed by atoms with Crippen LogP contribution in [0.2, 0.25) is 20.1 Å². The molecule has 0 spiro atoms. The number of benzene rings is 4. The molecule has 0 aliphatic heterocycles. The van der Waals surface area contributed by atoms with Gasteiger partial charge in [-0.25, -0.2) is 19.9 Å². The highest BCUT2D eigenvalue weighted by molar-refractivity contribution is 7.19. The number of amides is 5. The van der Waals surface area contributed by atoms with Gasteiger partial charge in [-0.15, -0.1) is 45.3 Å². The number of Topliss-reactive ketones (excluding diaryl/α,β-unsaturated/α-hetero) is 3. The first-order chi connectivity index (χ1) is 61.5. The van der Waals surface area contributed by atoms with Crippen LogP contribution in [-0.2, 0) is 83.2 Å². The average molecular weight is 1900 g/mol. The van der Waals surface area contributed by atoms with E-state index in [1.54, 1.807) is 31.3 Å². The second-order valence-corrected chi connectivity index (χ2v) is 40.5. The van der Waals surface area contributed by atoms with Gasteiger partial charge in [0.2, 0.25) is 29.5 Å². The Morgan fingerprint density at radius 1 is 0.375 bits per heavy atom. The van der Waals surface area contributed by atoms with Crippen LogP contribution in [0.3, 0.4) is 0 Å². The van der Waals surface area contributed by atoms with Gasteiger partial charge in [0.25, 0.3) is 0 Å². The lowest BCUT2D eigenvalue weighted by Gasteiger charge is -2.27. The van der Waals surface area contributed by atoms with Gasteiger partial charge in [-0.1, -0.05) is 138 Å². The molecule has 0 unspecified atom stereocenters. The maximum absolute atomic E-state index is 13.4. The van der Waals surface area contributed by atoms with Crippen molar-refractivity contribution in [3.05, 3.63) is 164 Å². The van der Waals surface area contributed by atoms with Crippen molar-refractivity contribution in [2.45, 2.75) is 270 Å². The van der Waals surface area contributed by atoms with Crippen LogP contribution in [0, 0.1) is 47.3 Å². The van der Waals surface area contributed by atoms with Crippen LogP contribution in [-0.4, -0.2) is 121 Å². The molecule has 4 aromatic carbocycles. The molecule has 4 aliphatic rings. The summed E-state index contributed by atoms with van der Waals surface area (Å²) in [6, 6.07) is 21.9. The van der Waals surface area contributed by atoms with Crippen molar-refractivity contribution in [1.29, 1.82) is 0 Å². The van der Waals surface area contributed by atoms with Gasteiger partial charge < -0.3 is 31.4 Å². The van der Waals surface area contributed by atoms with Crippen molar-refractivity contribution in [1.82, 2.24) is 46.5 Å². The van der Waals surface area contributed by atoms with E-state index < -0.39 is 23.7 Å². The quantitative estimate of drug-likeness (QED) is 0.0221. The van der Waals surface area contributed by atoms with E-state index in [0.29, 0.717) is 134 Å². The first-order valence-electron chi connectivity index (χ1n) is 45.3. The van der Waals surface area contributed by atoms with E-state index in [-0.39, 0.29) is 120 Å². The van der Waals surface area contributed by atoms with E-state index in [1.165, 1.54) is 76.6 Å². The minimum atomic E-state index is -0.537. The van der Waals surface area contributed by atoms with E-state index in [2.05, 4.69) is 72.8 Å². The van der Waals surface area contributed by atoms with Gasteiger partial charge in [0.05, 0.1) is 84.6 Å². The van der Waals surface area contributed by atoms with Gasteiger partial charge >= 0.3 is 0 Å². The Morgan fingerprint density at radius 3 is 0.859 bits per heavy atom. The van der Waals surface area contributed by atoms with Crippen LogP contribution in [0.25, 0.3) is 40.9 Å². The summed E-state index contributed by atoms with van der Waals surface area (Å²) in [4.78, 5) is 168. The van der Waals surface area contributed by atoms with Gasteiger partial charge in [-0.3, -0.25) is 52.7 Å². The summed E-state index contributed by atoms with van der Waals surface area (Å²) in [5, 5.41) is 21.3. The molecule has 5 amide bonds. The lowest BCUT2D eigenvalue weighted by molar-refractivity contribution is -0.131. The third-order valence-corrected chi connectivity index (χ3v) is 29.9. The Hall–Kier alpha value is -8.40. The predicted octanol–water partition coefficient (Wildman–Crippen LogP) is 21.5. The Balaban J connectivity index is 0.000000193. The van der Waals surface area contributed by atoms with Crippen molar-refractivity contribution >= 4 is 203 Å². The normalized spacial score (nSPS) is 16.0. The summed E-state index contributed by atoms with van der Waals surface area (Å²) in [6.07, 6.45) is 30.8. The summed E-state index contributed by atoms with van der Waals surface area (Å²) in [7, 11) is 1.57. The van der Waals surface area contributed by atoms with Gasteiger partial charge in [-0.2, -0.15) is 0 Å². The van der Waals surface area contributed by atoms with Crippen molar-refractivity contribution in [2.24, 2.45) is 47.3 Å². The van der Waals surface area contributed by atoms with Gasteiger partial charge in [0, 0.05) is 141 Å². The fraction of sp³-hybridized carbons (Fsp3) is 0.515. The number of hydrogen-bond acceptors (Lipinski definition) is 20. The van der Waals surface area contributed by atoms with Gasteiger partial charge in [-0.05, 0) is 211 Å². The Labute approximate surface area is 788 Å². The van der Waals surface area contributed by atoms with Crippen LogP contribution in [0.4, 0.5) is 0 Å². The topological polar surface area (TPSA) is 317 Å². The van der Waals surface area contributed by atoms with Gasteiger partial charge in [0.1, 0.15) is 17.3 Å². The van der Waals surface area contributed by atoms with E-state index in [0.717, 1.165) is 170 Å². The summed E-state index contributed by atoms with van der Waals surface area (Å²) >= 11 is 30.4. The number of thiazole rings is 4. The van der Waals surface area contributed by atoms with Crippen LogP contribution >= 0.6 is 91.8 Å². The molecule has 0 bridgehead atoms. The smallest absolute Gasteiger partial charge is 0.224 e. The molecule has 4 aromatic heterocycles. The van der Waals surface area contributed by atoms with E-state index in [9.17, 15) is 57.5 Å². The number of nitrogens with one attached hydrogen (secondary N) is 5. The number of fused-ring (bicyclic) bond motifs is 4. The van der Waals surface area contributed by atoms with Crippen LogP contribution in [0.1, 0.15) is 240 Å². The molecular weight excluding hydrogens is 1780 g/mol.